The zero-order valence-corrected chi connectivity index (χ0v) is 13.2. The van der Waals surface area contributed by atoms with Crippen LogP contribution in [0.2, 0.25) is 0 Å². The first-order chi connectivity index (χ1) is 9.83. The molecule has 0 unspecified atom stereocenters. The van der Waals surface area contributed by atoms with Gasteiger partial charge in [0, 0.05) is 6.07 Å². The molecule has 1 aromatic rings. The van der Waals surface area contributed by atoms with Gasteiger partial charge in [0.25, 0.3) is 0 Å². The smallest absolute Gasteiger partial charge is 0.126 e. The lowest BCUT2D eigenvalue weighted by molar-refractivity contribution is 0.303. The second kappa shape index (κ2) is 12.1. The molecule has 1 nitrogen and oxygen atoms in total. The fourth-order valence-electron chi connectivity index (χ4n) is 2.20. The highest BCUT2D eigenvalue weighted by Gasteiger charge is 1.96. The monoisotopic (exact) mass is 298 g/mol. The van der Waals surface area contributed by atoms with E-state index in [1.165, 1.54) is 63.5 Å². The van der Waals surface area contributed by atoms with Crippen molar-refractivity contribution in [1.82, 2.24) is 0 Å². The van der Waals surface area contributed by atoms with E-state index in [0.717, 1.165) is 12.2 Å². The van der Waals surface area contributed by atoms with E-state index in [0.29, 0.717) is 12.4 Å². The van der Waals surface area contributed by atoms with Crippen LogP contribution in [0.5, 0.6) is 5.75 Å². The van der Waals surface area contributed by atoms with Gasteiger partial charge >= 0.3 is 0 Å². The highest BCUT2D eigenvalue weighted by molar-refractivity contribution is 7.80. The molecule has 20 heavy (non-hydrogen) atoms. The third-order valence-electron chi connectivity index (χ3n) is 3.37. The van der Waals surface area contributed by atoms with Gasteiger partial charge in [0.15, 0.2) is 0 Å². The number of benzene rings is 1. The molecule has 0 radical (unpaired) electrons. The predicted molar refractivity (Wildman–Crippen MR) is 87.3 cm³/mol. The van der Waals surface area contributed by atoms with Crippen molar-refractivity contribution in [3.63, 3.8) is 0 Å². The lowest BCUT2D eigenvalue weighted by Crippen LogP contribution is -1.97. The Morgan fingerprint density at radius 1 is 0.850 bits per heavy atom. The van der Waals surface area contributed by atoms with Crippen LogP contribution in [-0.4, -0.2) is 12.4 Å². The van der Waals surface area contributed by atoms with Gasteiger partial charge in [-0.15, -0.1) is 0 Å². The molecule has 0 saturated carbocycles. The lowest BCUT2D eigenvalue weighted by atomic mass is 10.1. The first-order valence-electron chi connectivity index (χ1n) is 7.82. The van der Waals surface area contributed by atoms with Gasteiger partial charge in [0.1, 0.15) is 11.6 Å². The molecule has 1 aromatic carbocycles. The predicted octanol–water partition coefficient (Wildman–Crippen LogP) is 5.65. The van der Waals surface area contributed by atoms with E-state index in [9.17, 15) is 4.39 Å². The molecule has 0 amide bonds. The van der Waals surface area contributed by atoms with Crippen molar-refractivity contribution in [2.24, 2.45) is 0 Å². The molecule has 3 heteroatoms. The summed E-state index contributed by atoms with van der Waals surface area (Å²) in [5, 5.41) is 0. The third-order valence-corrected chi connectivity index (χ3v) is 3.68. The summed E-state index contributed by atoms with van der Waals surface area (Å²) in [6, 6.07) is 6.35. The second-order valence-electron chi connectivity index (χ2n) is 5.21. The molecule has 0 aliphatic rings. The number of hydrogen-bond donors (Lipinski definition) is 1. The lowest BCUT2D eigenvalue weighted by Gasteiger charge is -2.06. The summed E-state index contributed by atoms with van der Waals surface area (Å²) >= 11 is 4.21. The van der Waals surface area contributed by atoms with Crippen LogP contribution in [0.1, 0.15) is 57.8 Å². The first-order valence-corrected chi connectivity index (χ1v) is 8.45. The number of rotatable bonds is 12. The topological polar surface area (TPSA) is 9.23 Å². The molecule has 0 atom stereocenters. The average molecular weight is 298 g/mol. The van der Waals surface area contributed by atoms with Crippen molar-refractivity contribution < 1.29 is 9.13 Å². The van der Waals surface area contributed by atoms with Crippen LogP contribution in [0.3, 0.4) is 0 Å². The van der Waals surface area contributed by atoms with Crippen LogP contribution in [0.4, 0.5) is 4.39 Å². The van der Waals surface area contributed by atoms with E-state index in [1.807, 2.05) is 0 Å². The average Bonchev–Trinajstić information content (AvgIpc) is 2.45. The van der Waals surface area contributed by atoms with E-state index >= 15 is 0 Å². The normalized spacial score (nSPS) is 10.7. The Kier molecular flexibility index (Phi) is 10.5. The zero-order chi connectivity index (χ0) is 14.5. The summed E-state index contributed by atoms with van der Waals surface area (Å²) in [6.45, 7) is 0.686. The third kappa shape index (κ3) is 9.24. The molecule has 0 N–H and O–H groups in total. The maximum atomic E-state index is 12.9. The maximum Gasteiger partial charge on any atom is 0.126 e. The van der Waals surface area contributed by atoms with Crippen molar-refractivity contribution in [3.05, 3.63) is 30.1 Å². The van der Waals surface area contributed by atoms with E-state index in [1.54, 1.807) is 12.1 Å². The van der Waals surface area contributed by atoms with Crippen LogP contribution < -0.4 is 4.74 Å². The van der Waals surface area contributed by atoms with Crippen LogP contribution in [-0.2, 0) is 0 Å². The summed E-state index contributed by atoms with van der Waals surface area (Å²) in [6.07, 6.45) is 11.5. The van der Waals surface area contributed by atoms with Crippen molar-refractivity contribution in [1.29, 1.82) is 0 Å². The van der Waals surface area contributed by atoms with Crippen LogP contribution in [0.15, 0.2) is 24.3 Å². The minimum absolute atomic E-state index is 0.236. The number of ether oxygens (including phenoxy) is 1. The Balaban J connectivity index is 1.85. The molecule has 0 aromatic heterocycles. The number of thiol groups is 1. The summed E-state index contributed by atoms with van der Waals surface area (Å²) in [4.78, 5) is 0. The number of unbranched alkanes of at least 4 members (excludes halogenated alkanes) is 8. The Hall–Kier alpha value is -0.700. The Labute approximate surface area is 128 Å². The summed E-state index contributed by atoms with van der Waals surface area (Å²) in [5.41, 5.74) is 0. The molecule has 0 bridgehead atoms. The van der Waals surface area contributed by atoms with Gasteiger partial charge < -0.3 is 4.74 Å². The van der Waals surface area contributed by atoms with E-state index in [-0.39, 0.29) is 5.82 Å². The van der Waals surface area contributed by atoms with Crippen LogP contribution in [0.25, 0.3) is 0 Å². The molecular formula is C17H27FOS. The molecular weight excluding hydrogens is 271 g/mol. The van der Waals surface area contributed by atoms with E-state index in [4.69, 9.17) is 4.74 Å². The fraction of sp³-hybridized carbons (Fsp3) is 0.647. The van der Waals surface area contributed by atoms with Crippen molar-refractivity contribution in [2.75, 3.05) is 12.4 Å². The molecule has 0 spiro atoms. The summed E-state index contributed by atoms with van der Waals surface area (Å²) < 4.78 is 18.4. The van der Waals surface area contributed by atoms with Crippen molar-refractivity contribution >= 4 is 12.6 Å². The highest BCUT2D eigenvalue weighted by Crippen LogP contribution is 2.13. The van der Waals surface area contributed by atoms with E-state index < -0.39 is 0 Å². The van der Waals surface area contributed by atoms with Gasteiger partial charge in [0.05, 0.1) is 6.61 Å². The molecule has 0 heterocycles. The first kappa shape index (κ1) is 17.4. The quantitative estimate of drug-likeness (QED) is 0.388. The van der Waals surface area contributed by atoms with Gasteiger partial charge in [-0.2, -0.15) is 12.6 Å². The van der Waals surface area contributed by atoms with Gasteiger partial charge in [0.2, 0.25) is 0 Å². The fourth-order valence-corrected chi connectivity index (χ4v) is 2.42. The summed E-state index contributed by atoms with van der Waals surface area (Å²) in [5.74, 6) is 1.42. The Bertz CT molecular complexity index is 344. The molecule has 0 fully saturated rings. The van der Waals surface area contributed by atoms with Crippen LogP contribution in [0, 0.1) is 5.82 Å². The molecule has 0 aliphatic carbocycles. The highest BCUT2D eigenvalue weighted by atomic mass is 32.1. The van der Waals surface area contributed by atoms with Gasteiger partial charge in [-0.05, 0) is 30.7 Å². The van der Waals surface area contributed by atoms with Crippen LogP contribution >= 0.6 is 12.6 Å². The van der Waals surface area contributed by atoms with Gasteiger partial charge in [-0.1, -0.05) is 51.0 Å². The zero-order valence-electron chi connectivity index (χ0n) is 12.3. The molecule has 114 valence electrons. The van der Waals surface area contributed by atoms with Gasteiger partial charge in [-0.25, -0.2) is 4.39 Å². The maximum absolute atomic E-state index is 12.9. The van der Waals surface area contributed by atoms with Crippen molar-refractivity contribution in [3.8, 4) is 5.75 Å². The molecule has 0 saturated heterocycles. The standard InChI is InChI=1S/C17H27FOS/c18-16-11-10-12-17(15-16)19-13-8-6-4-2-1-3-5-7-9-14-20/h10-12,15,20H,1-9,13-14H2. The number of hydrogen-bond acceptors (Lipinski definition) is 2. The van der Waals surface area contributed by atoms with E-state index in [2.05, 4.69) is 12.6 Å². The summed E-state index contributed by atoms with van der Waals surface area (Å²) in [7, 11) is 0. The molecule has 1 rings (SSSR count). The Morgan fingerprint density at radius 2 is 1.45 bits per heavy atom. The van der Waals surface area contributed by atoms with Gasteiger partial charge in [-0.3, -0.25) is 0 Å². The minimum atomic E-state index is -0.236. The minimum Gasteiger partial charge on any atom is -0.493 e. The largest absolute Gasteiger partial charge is 0.493 e. The second-order valence-corrected chi connectivity index (χ2v) is 5.66. The Morgan fingerprint density at radius 3 is 2.05 bits per heavy atom. The van der Waals surface area contributed by atoms with Crippen molar-refractivity contribution in [2.45, 2.75) is 57.8 Å². The number of halogens is 1. The SMILES string of the molecule is Fc1cccc(OCCCCCCCCCCCS)c1. The molecule has 0 aliphatic heterocycles.